The van der Waals surface area contributed by atoms with Crippen LogP contribution >= 0.6 is 15.9 Å². The Bertz CT molecular complexity index is 1950. The van der Waals surface area contributed by atoms with Crippen molar-refractivity contribution in [3.05, 3.63) is 128 Å². The molecule has 252 valence electrons. The number of rotatable bonds is 6. The third-order valence-corrected chi connectivity index (χ3v) is 16.4. The van der Waals surface area contributed by atoms with Crippen LogP contribution in [0.25, 0.3) is 11.1 Å². The van der Waals surface area contributed by atoms with Gasteiger partial charge in [0.25, 0.3) is 0 Å². The zero-order valence-electron chi connectivity index (χ0n) is 29.7. The predicted molar refractivity (Wildman–Crippen MR) is 206 cm³/mol. The number of hydrogen-bond acceptors (Lipinski definition) is 0. The van der Waals surface area contributed by atoms with Crippen LogP contribution in [0, 0.1) is 35.1 Å². The summed E-state index contributed by atoms with van der Waals surface area (Å²) in [6.45, 7) is 17.9. The fourth-order valence-corrected chi connectivity index (χ4v) is 12.4. The van der Waals surface area contributed by atoms with Gasteiger partial charge in [0.15, 0.2) is 0 Å². The minimum Gasteiger partial charge on any atom is -0.166 e. The molecule has 4 aromatic carbocycles. The molecule has 0 aromatic heterocycles. The summed E-state index contributed by atoms with van der Waals surface area (Å²) < 4.78 is 41.3. The SMILES string of the molecule is CCc1cc(C#Cc2cc(Br)c(C#C[Si](C(C)C)(C(C)C)C(C)C)cc2-c2ccc(C(F)(F)F)cc2)c(CC)cc1C#Cc1ccccc1. The molecule has 0 N–H and O–H groups in total. The molecule has 0 aliphatic heterocycles. The molecule has 0 saturated heterocycles. The number of hydrogen-bond donors (Lipinski definition) is 0. The number of alkyl halides is 3. The molecule has 0 unspecified atom stereocenters. The first-order valence-electron chi connectivity index (χ1n) is 17.0. The quantitative estimate of drug-likeness (QED) is 0.137. The van der Waals surface area contributed by atoms with E-state index in [0.717, 1.165) is 68.4 Å². The van der Waals surface area contributed by atoms with Gasteiger partial charge >= 0.3 is 6.18 Å². The van der Waals surface area contributed by atoms with E-state index in [1.807, 2.05) is 42.5 Å². The first-order valence-corrected chi connectivity index (χ1v) is 20.0. The van der Waals surface area contributed by atoms with Crippen LogP contribution in [0.3, 0.4) is 0 Å². The molecule has 0 fully saturated rings. The third kappa shape index (κ3) is 8.80. The molecule has 4 rings (SSSR count). The van der Waals surface area contributed by atoms with E-state index in [-0.39, 0.29) is 0 Å². The van der Waals surface area contributed by atoms with Gasteiger partial charge in [-0.05, 0) is 116 Å². The van der Waals surface area contributed by atoms with Crippen molar-refractivity contribution in [2.24, 2.45) is 0 Å². The van der Waals surface area contributed by atoms with Crippen LogP contribution in [0.4, 0.5) is 13.2 Å². The van der Waals surface area contributed by atoms with E-state index in [0.29, 0.717) is 27.8 Å². The molecular formula is C44H44BrF3Si. The average molecular weight is 738 g/mol. The topological polar surface area (TPSA) is 0 Å². The molecule has 0 nitrogen and oxygen atoms in total. The smallest absolute Gasteiger partial charge is 0.166 e. The molecule has 5 heteroatoms. The summed E-state index contributed by atoms with van der Waals surface area (Å²) in [7, 11) is -2.03. The largest absolute Gasteiger partial charge is 0.416 e. The second-order valence-electron chi connectivity index (χ2n) is 13.3. The fraction of sp³-hybridized carbons (Fsp3) is 0.318. The molecule has 49 heavy (non-hydrogen) atoms. The molecule has 4 aromatic rings. The van der Waals surface area contributed by atoms with Crippen molar-refractivity contribution in [2.75, 3.05) is 0 Å². The Morgan fingerprint density at radius 2 is 1.12 bits per heavy atom. The van der Waals surface area contributed by atoms with Gasteiger partial charge in [-0.2, -0.15) is 13.2 Å². The van der Waals surface area contributed by atoms with E-state index >= 15 is 0 Å². The summed E-state index contributed by atoms with van der Waals surface area (Å²) >= 11 is 3.77. The summed E-state index contributed by atoms with van der Waals surface area (Å²) in [5.74, 6) is 17.0. The molecule has 0 bridgehead atoms. The maximum Gasteiger partial charge on any atom is 0.416 e. The van der Waals surface area contributed by atoms with Crippen molar-refractivity contribution in [1.29, 1.82) is 0 Å². The summed E-state index contributed by atoms with van der Waals surface area (Å²) in [6.07, 6.45) is -2.83. The van der Waals surface area contributed by atoms with Gasteiger partial charge in [-0.25, -0.2) is 0 Å². The monoisotopic (exact) mass is 736 g/mol. The van der Waals surface area contributed by atoms with Crippen LogP contribution in [0.2, 0.25) is 16.6 Å². The molecule has 0 aliphatic rings. The highest BCUT2D eigenvalue weighted by Gasteiger charge is 2.41. The van der Waals surface area contributed by atoms with E-state index in [9.17, 15) is 13.2 Å². The lowest BCUT2D eigenvalue weighted by molar-refractivity contribution is -0.137. The molecule has 0 saturated carbocycles. The number of aryl methyl sites for hydroxylation is 2. The van der Waals surface area contributed by atoms with Gasteiger partial charge in [0.05, 0.1) is 5.56 Å². The van der Waals surface area contributed by atoms with Gasteiger partial charge < -0.3 is 0 Å². The second kappa shape index (κ2) is 16.2. The Kier molecular flexibility index (Phi) is 12.5. The van der Waals surface area contributed by atoms with Crippen LogP contribution in [0.15, 0.2) is 83.3 Å². The molecular weight excluding hydrogens is 693 g/mol. The van der Waals surface area contributed by atoms with Crippen LogP contribution in [-0.4, -0.2) is 8.07 Å². The van der Waals surface area contributed by atoms with E-state index in [1.54, 1.807) is 0 Å². The lowest BCUT2D eigenvalue weighted by atomic mass is 9.94. The van der Waals surface area contributed by atoms with Gasteiger partial charge in [0.2, 0.25) is 0 Å². The highest BCUT2D eigenvalue weighted by molar-refractivity contribution is 9.10. The second-order valence-corrected chi connectivity index (χ2v) is 19.8. The van der Waals surface area contributed by atoms with E-state index in [4.69, 9.17) is 0 Å². The highest BCUT2D eigenvalue weighted by atomic mass is 79.9. The molecule has 0 heterocycles. The molecule has 0 radical (unpaired) electrons. The Morgan fingerprint density at radius 1 is 0.612 bits per heavy atom. The number of halogens is 4. The molecule has 0 amide bonds. The van der Waals surface area contributed by atoms with Crippen LogP contribution < -0.4 is 0 Å². The van der Waals surface area contributed by atoms with Crippen molar-refractivity contribution in [3.8, 4) is 46.3 Å². The maximum atomic E-state index is 13.5. The van der Waals surface area contributed by atoms with Crippen molar-refractivity contribution in [3.63, 3.8) is 0 Å². The normalized spacial score (nSPS) is 11.5. The van der Waals surface area contributed by atoms with Crippen molar-refractivity contribution in [1.82, 2.24) is 0 Å². The van der Waals surface area contributed by atoms with Gasteiger partial charge in [-0.15, -0.1) is 5.54 Å². The lowest BCUT2D eigenvalue weighted by Gasteiger charge is -2.38. The average Bonchev–Trinajstić information content (AvgIpc) is 3.06. The summed E-state index contributed by atoms with van der Waals surface area (Å²) in [6, 6.07) is 23.4. The standard InChI is InChI=1S/C44H44BrF3Si/c1-9-34-27-38(35(10-2)26-37(34)17-16-33-14-12-11-13-15-33)18-19-39-29-43(45)40(24-25-49(30(3)4,31(5)6)32(7)8)28-42(39)36-20-22-41(23-21-36)44(46,47)48/h11-15,20-23,26-32H,9-10H2,1-8H3. The van der Waals surface area contributed by atoms with Crippen LogP contribution in [0.5, 0.6) is 0 Å². The molecule has 0 spiro atoms. The molecule has 0 atom stereocenters. The Labute approximate surface area is 301 Å². The van der Waals surface area contributed by atoms with Gasteiger partial charge in [0, 0.05) is 32.3 Å². The Balaban J connectivity index is 1.88. The van der Waals surface area contributed by atoms with E-state index < -0.39 is 19.8 Å². The predicted octanol–water partition coefficient (Wildman–Crippen LogP) is 12.6. The highest BCUT2D eigenvalue weighted by Crippen LogP contribution is 2.41. The zero-order valence-corrected chi connectivity index (χ0v) is 32.2. The zero-order chi connectivity index (χ0) is 35.9. The van der Waals surface area contributed by atoms with E-state index in [1.165, 1.54) is 12.1 Å². The maximum absolute atomic E-state index is 13.5. The Hall–Kier alpha value is -3.95. The lowest BCUT2D eigenvalue weighted by Crippen LogP contribution is -2.43. The van der Waals surface area contributed by atoms with Crippen LogP contribution in [0.1, 0.15) is 99.9 Å². The number of benzene rings is 4. The summed E-state index contributed by atoms with van der Waals surface area (Å²) in [4.78, 5) is 0. The fourth-order valence-electron chi connectivity index (χ4n) is 6.76. The van der Waals surface area contributed by atoms with Gasteiger partial charge in [-0.1, -0.05) is 115 Å². The van der Waals surface area contributed by atoms with Gasteiger partial charge in [0.1, 0.15) is 8.07 Å². The summed E-state index contributed by atoms with van der Waals surface area (Å²) in [5, 5.41) is 0. The Morgan fingerprint density at radius 3 is 1.61 bits per heavy atom. The van der Waals surface area contributed by atoms with Crippen LogP contribution in [-0.2, 0) is 19.0 Å². The van der Waals surface area contributed by atoms with E-state index in [2.05, 4.69) is 119 Å². The first kappa shape index (κ1) is 37.9. The molecule has 0 aliphatic carbocycles. The third-order valence-electron chi connectivity index (χ3n) is 9.45. The van der Waals surface area contributed by atoms with Crippen molar-refractivity contribution < 1.29 is 13.2 Å². The van der Waals surface area contributed by atoms with Crippen molar-refractivity contribution in [2.45, 2.75) is 91.0 Å². The minimum absolute atomic E-state index is 0.467. The first-order chi connectivity index (χ1) is 23.2. The van der Waals surface area contributed by atoms with Crippen molar-refractivity contribution >= 4 is 24.0 Å². The minimum atomic E-state index is -4.42. The summed E-state index contributed by atoms with van der Waals surface area (Å²) in [5.41, 5.74) is 12.5. The van der Waals surface area contributed by atoms with Gasteiger partial charge in [-0.3, -0.25) is 0 Å².